The van der Waals surface area contributed by atoms with Crippen LogP contribution in [0.15, 0.2) is 49.1 Å². The predicted molar refractivity (Wildman–Crippen MR) is 86.0 cm³/mol. The summed E-state index contributed by atoms with van der Waals surface area (Å²) in [6.07, 6.45) is 9.37. The van der Waals surface area contributed by atoms with Crippen LogP contribution in [0.3, 0.4) is 0 Å². The van der Waals surface area contributed by atoms with E-state index >= 15 is 0 Å². The highest BCUT2D eigenvalue weighted by Gasteiger charge is 2.07. The summed E-state index contributed by atoms with van der Waals surface area (Å²) in [6.45, 7) is 1.37. The van der Waals surface area contributed by atoms with Crippen LogP contribution in [0.1, 0.15) is 25.7 Å². The molecule has 0 aliphatic rings. The van der Waals surface area contributed by atoms with E-state index in [1.54, 1.807) is 0 Å². The van der Waals surface area contributed by atoms with E-state index in [0.717, 1.165) is 11.1 Å². The number of aryl methyl sites for hydroxylation is 2. The molecular weight excluding hydrogens is 308 g/mol. The number of pyridine rings is 2. The van der Waals surface area contributed by atoms with Gasteiger partial charge in [-0.2, -0.15) is 0 Å². The van der Waals surface area contributed by atoms with Crippen molar-refractivity contribution in [2.24, 2.45) is 0 Å². The van der Waals surface area contributed by atoms with Crippen LogP contribution in [0, 0.1) is 0 Å². The van der Waals surface area contributed by atoms with Gasteiger partial charge in [-0.15, -0.1) is 0 Å². The van der Waals surface area contributed by atoms with E-state index in [4.69, 9.17) is 10.2 Å². The molecular formula is C18H22N2O4+2. The van der Waals surface area contributed by atoms with Gasteiger partial charge in [0.15, 0.2) is 24.8 Å². The van der Waals surface area contributed by atoms with Crippen molar-refractivity contribution in [1.29, 1.82) is 0 Å². The SMILES string of the molecule is O=C(O)CCC[n+]1ccc(-c2cc[n+](CCCC(=O)O)cc2)cc1. The Balaban J connectivity index is 1.91. The predicted octanol–water partition coefficient (Wildman–Crippen LogP) is 1.66. The van der Waals surface area contributed by atoms with E-state index in [9.17, 15) is 9.59 Å². The molecule has 0 saturated heterocycles. The van der Waals surface area contributed by atoms with Gasteiger partial charge in [-0.1, -0.05) is 0 Å². The minimum atomic E-state index is -0.770. The summed E-state index contributed by atoms with van der Waals surface area (Å²) in [5.41, 5.74) is 2.17. The molecule has 0 amide bonds. The molecule has 0 spiro atoms. The monoisotopic (exact) mass is 330 g/mol. The van der Waals surface area contributed by atoms with Gasteiger partial charge in [-0.25, -0.2) is 9.13 Å². The molecule has 0 saturated carbocycles. The summed E-state index contributed by atoms with van der Waals surface area (Å²) in [5, 5.41) is 17.3. The van der Waals surface area contributed by atoms with E-state index in [1.165, 1.54) is 0 Å². The van der Waals surface area contributed by atoms with Crippen molar-refractivity contribution in [3.05, 3.63) is 49.1 Å². The zero-order chi connectivity index (χ0) is 17.4. The van der Waals surface area contributed by atoms with Crippen molar-refractivity contribution in [2.75, 3.05) is 0 Å². The minimum absolute atomic E-state index is 0.176. The fraction of sp³-hybridized carbons (Fsp3) is 0.333. The third-order valence-electron chi connectivity index (χ3n) is 3.73. The van der Waals surface area contributed by atoms with Gasteiger partial charge < -0.3 is 10.2 Å². The summed E-state index contributed by atoms with van der Waals surface area (Å²) in [6, 6.07) is 8.02. The number of carbonyl (C=O) groups is 2. The highest BCUT2D eigenvalue weighted by Crippen LogP contribution is 2.15. The molecule has 2 rings (SSSR count). The lowest BCUT2D eigenvalue weighted by Gasteiger charge is -2.01. The minimum Gasteiger partial charge on any atom is -0.481 e. The molecule has 0 aromatic carbocycles. The first-order chi connectivity index (χ1) is 11.5. The second-order valence-corrected chi connectivity index (χ2v) is 5.64. The molecule has 0 bridgehead atoms. The van der Waals surface area contributed by atoms with Gasteiger partial charge >= 0.3 is 11.9 Å². The number of hydrogen-bond donors (Lipinski definition) is 2. The van der Waals surface area contributed by atoms with Crippen LogP contribution in [-0.4, -0.2) is 22.2 Å². The number of aromatic nitrogens is 2. The Kier molecular flexibility index (Phi) is 6.42. The van der Waals surface area contributed by atoms with Crippen molar-refractivity contribution < 1.29 is 28.9 Å². The van der Waals surface area contributed by atoms with Crippen molar-refractivity contribution in [2.45, 2.75) is 38.8 Å². The second kappa shape index (κ2) is 8.76. The summed E-state index contributed by atoms with van der Waals surface area (Å²) >= 11 is 0. The molecule has 6 heteroatoms. The third kappa shape index (κ3) is 5.79. The van der Waals surface area contributed by atoms with E-state index in [0.29, 0.717) is 25.9 Å². The molecule has 2 aromatic rings. The Hall–Kier alpha value is -2.76. The Morgan fingerprint density at radius 3 is 1.33 bits per heavy atom. The topological polar surface area (TPSA) is 82.4 Å². The second-order valence-electron chi connectivity index (χ2n) is 5.64. The van der Waals surface area contributed by atoms with Gasteiger partial charge in [-0.3, -0.25) is 9.59 Å². The number of carboxylic acids is 2. The lowest BCUT2D eigenvalue weighted by Crippen LogP contribution is -2.33. The highest BCUT2D eigenvalue weighted by molar-refractivity contribution is 5.66. The standard InChI is InChI=1S/C18H20N2O4/c21-17(22)3-1-9-19-11-5-15(6-12-19)16-7-13-20(14-8-16)10-2-4-18(23)24/h5-8,11-14H,1-4,9-10H2/p+2. The number of nitrogens with zero attached hydrogens (tertiary/aromatic N) is 2. The number of aliphatic carboxylic acids is 2. The largest absolute Gasteiger partial charge is 0.481 e. The molecule has 0 aliphatic heterocycles. The Morgan fingerprint density at radius 2 is 1.04 bits per heavy atom. The van der Waals surface area contributed by atoms with Crippen LogP contribution in [0.2, 0.25) is 0 Å². The first-order valence-corrected chi connectivity index (χ1v) is 7.97. The third-order valence-corrected chi connectivity index (χ3v) is 3.73. The molecule has 2 heterocycles. The molecule has 0 atom stereocenters. The summed E-state index contributed by atoms with van der Waals surface area (Å²) in [4.78, 5) is 21.0. The maximum absolute atomic E-state index is 10.5. The maximum Gasteiger partial charge on any atom is 0.303 e. The van der Waals surface area contributed by atoms with Crippen molar-refractivity contribution in [3.8, 4) is 11.1 Å². The summed E-state index contributed by atoms with van der Waals surface area (Å²) < 4.78 is 3.95. The highest BCUT2D eigenvalue weighted by atomic mass is 16.4. The number of carboxylic acid groups (broad SMARTS) is 2. The normalized spacial score (nSPS) is 10.5. The van der Waals surface area contributed by atoms with Crippen molar-refractivity contribution in [3.63, 3.8) is 0 Å². The summed E-state index contributed by atoms with van der Waals surface area (Å²) in [7, 11) is 0. The zero-order valence-electron chi connectivity index (χ0n) is 13.5. The first-order valence-electron chi connectivity index (χ1n) is 7.97. The molecule has 0 fully saturated rings. The zero-order valence-corrected chi connectivity index (χ0v) is 13.5. The van der Waals surface area contributed by atoms with E-state index in [2.05, 4.69) is 0 Å². The molecule has 0 aliphatic carbocycles. The van der Waals surface area contributed by atoms with Gasteiger partial charge in [0.05, 0.1) is 12.8 Å². The molecule has 2 N–H and O–H groups in total. The number of rotatable bonds is 9. The molecule has 126 valence electrons. The Morgan fingerprint density at radius 1 is 0.708 bits per heavy atom. The van der Waals surface area contributed by atoms with Gasteiger partial charge in [0.25, 0.3) is 0 Å². The van der Waals surface area contributed by atoms with E-state index in [1.807, 2.05) is 58.2 Å². The summed E-state index contributed by atoms with van der Waals surface area (Å²) in [5.74, 6) is -1.54. The average Bonchev–Trinajstić information content (AvgIpc) is 2.56. The molecule has 6 nitrogen and oxygen atoms in total. The van der Waals surface area contributed by atoms with Crippen LogP contribution in [-0.2, 0) is 22.7 Å². The van der Waals surface area contributed by atoms with Gasteiger partial charge in [0.2, 0.25) is 0 Å². The van der Waals surface area contributed by atoms with Gasteiger partial charge in [0.1, 0.15) is 13.1 Å². The molecule has 2 aromatic heterocycles. The molecule has 0 radical (unpaired) electrons. The smallest absolute Gasteiger partial charge is 0.303 e. The van der Waals surface area contributed by atoms with E-state index < -0.39 is 11.9 Å². The first kappa shape index (κ1) is 17.6. The quantitative estimate of drug-likeness (QED) is 0.685. The van der Waals surface area contributed by atoms with E-state index in [-0.39, 0.29) is 12.8 Å². The Bertz CT molecular complexity index is 620. The van der Waals surface area contributed by atoms with Gasteiger partial charge in [-0.05, 0) is 11.1 Å². The fourth-order valence-electron chi connectivity index (χ4n) is 2.42. The molecule has 0 unspecified atom stereocenters. The maximum atomic E-state index is 10.5. The fourth-order valence-corrected chi connectivity index (χ4v) is 2.42. The lowest BCUT2D eigenvalue weighted by molar-refractivity contribution is -0.697. The van der Waals surface area contributed by atoms with Gasteiger partial charge in [0, 0.05) is 37.1 Å². The van der Waals surface area contributed by atoms with Crippen LogP contribution in [0.25, 0.3) is 11.1 Å². The van der Waals surface area contributed by atoms with Crippen LogP contribution >= 0.6 is 0 Å². The number of hydrogen-bond acceptors (Lipinski definition) is 2. The van der Waals surface area contributed by atoms with Crippen molar-refractivity contribution in [1.82, 2.24) is 0 Å². The van der Waals surface area contributed by atoms with Crippen LogP contribution in [0.4, 0.5) is 0 Å². The lowest BCUT2D eigenvalue weighted by atomic mass is 10.1. The molecule has 24 heavy (non-hydrogen) atoms. The van der Waals surface area contributed by atoms with Crippen LogP contribution in [0.5, 0.6) is 0 Å². The van der Waals surface area contributed by atoms with Crippen LogP contribution < -0.4 is 9.13 Å². The average molecular weight is 330 g/mol. The Labute approximate surface area is 140 Å². The van der Waals surface area contributed by atoms with Crippen molar-refractivity contribution >= 4 is 11.9 Å².